The van der Waals surface area contributed by atoms with Crippen molar-refractivity contribution in [2.45, 2.75) is 31.2 Å². The van der Waals surface area contributed by atoms with E-state index in [2.05, 4.69) is 0 Å². The lowest BCUT2D eigenvalue weighted by Gasteiger charge is -2.37. The van der Waals surface area contributed by atoms with Gasteiger partial charge < -0.3 is 14.4 Å². The Morgan fingerprint density at radius 3 is 2.43 bits per heavy atom. The smallest absolute Gasteiger partial charge is 0.243 e. The second-order valence-corrected chi connectivity index (χ2v) is 12.2. The van der Waals surface area contributed by atoms with Gasteiger partial charge in [-0.25, -0.2) is 12.8 Å². The zero-order valence-electron chi connectivity index (χ0n) is 21.1. The highest BCUT2D eigenvalue weighted by atomic mass is 32.2. The fourth-order valence-electron chi connectivity index (χ4n) is 4.37. The van der Waals surface area contributed by atoms with Gasteiger partial charge in [0.1, 0.15) is 23.9 Å². The maximum absolute atomic E-state index is 13.7. The molecule has 1 aliphatic rings. The molecule has 0 radical (unpaired) electrons. The van der Waals surface area contributed by atoms with Gasteiger partial charge in [0.25, 0.3) is 0 Å². The molecule has 0 bridgehead atoms. The molecule has 7 nitrogen and oxygen atoms in total. The first-order valence-electron chi connectivity index (χ1n) is 12.1. The van der Waals surface area contributed by atoms with E-state index in [9.17, 15) is 17.6 Å². The zero-order chi connectivity index (χ0) is 26.6. The van der Waals surface area contributed by atoms with Crippen LogP contribution in [-0.4, -0.2) is 56.9 Å². The van der Waals surface area contributed by atoms with E-state index < -0.39 is 10.0 Å². The molecule has 37 heavy (non-hydrogen) atoms. The highest BCUT2D eigenvalue weighted by Gasteiger charge is 2.35. The van der Waals surface area contributed by atoms with Crippen LogP contribution in [0.4, 0.5) is 4.39 Å². The summed E-state index contributed by atoms with van der Waals surface area (Å²) >= 11 is 1.63. The molecule has 4 rings (SSSR count). The molecule has 2 aromatic carbocycles. The number of ether oxygens (including phenoxy) is 2. The summed E-state index contributed by atoms with van der Waals surface area (Å²) in [6, 6.07) is 13.5. The maximum atomic E-state index is 13.7. The normalized spacial score (nSPS) is 15.6. The second kappa shape index (κ2) is 11.6. The molecule has 1 atom stereocenters. The number of rotatable bonds is 10. The van der Waals surface area contributed by atoms with Gasteiger partial charge in [0.15, 0.2) is 0 Å². The summed E-state index contributed by atoms with van der Waals surface area (Å²) in [6.07, 6.45) is 0.696. The summed E-state index contributed by atoms with van der Waals surface area (Å²) in [5.74, 6) is 0.421. The third-order valence-electron chi connectivity index (χ3n) is 6.21. The van der Waals surface area contributed by atoms with Crippen molar-refractivity contribution in [1.29, 1.82) is 0 Å². The molecule has 198 valence electrons. The minimum absolute atomic E-state index is 0.0169. The fourth-order valence-corrected chi connectivity index (χ4v) is 6.86. The Morgan fingerprint density at radius 1 is 1.11 bits per heavy atom. The quantitative estimate of drug-likeness (QED) is 0.367. The number of thiophene rings is 1. The highest BCUT2D eigenvalue weighted by Crippen LogP contribution is 2.34. The van der Waals surface area contributed by atoms with E-state index >= 15 is 0 Å². The first-order valence-corrected chi connectivity index (χ1v) is 14.4. The van der Waals surface area contributed by atoms with Gasteiger partial charge in [-0.3, -0.25) is 4.79 Å². The number of fused-ring (bicyclic) bond motifs is 1. The van der Waals surface area contributed by atoms with Crippen LogP contribution in [0.3, 0.4) is 0 Å². The number of methoxy groups -OCH3 is 1. The molecule has 0 unspecified atom stereocenters. The number of nitrogens with zero attached hydrogens (tertiary/aromatic N) is 2. The van der Waals surface area contributed by atoms with E-state index in [1.165, 1.54) is 40.6 Å². The van der Waals surface area contributed by atoms with Crippen LogP contribution >= 0.6 is 11.3 Å². The number of amides is 1. The van der Waals surface area contributed by atoms with Crippen LogP contribution in [0.5, 0.6) is 11.5 Å². The van der Waals surface area contributed by atoms with Crippen molar-refractivity contribution >= 4 is 27.3 Å². The van der Waals surface area contributed by atoms with Gasteiger partial charge in [-0.2, -0.15) is 4.31 Å². The zero-order valence-corrected chi connectivity index (χ0v) is 22.7. The van der Waals surface area contributed by atoms with Gasteiger partial charge in [0.05, 0.1) is 24.6 Å². The van der Waals surface area contributed by atoms with Crippen molar-refractivity contribution in [3.05, 3.63) is 76.2 Å². The summed E-state index contributed by atoms with van der Waals surface area (Å²) in [4.78, 5) is 16.7. The van der Waals surface area contributed by atoms with Crippen LogP contribution in [0, 0.1) is 11.7 Å². The Morgan fingerprint density at radius 2 is 1.78 bits per heavy atom. The lowest BCUT2D eigenvalue weighted by molar-refractivity contribution is -0.135. The molecule has 3 aromatic rings. The summed E-state index contributed by atoms with van der Waals surface area (Å²) in [7, 11) is -2.40. The van der Waals surface area contributed by atoms with Crippen LogP contribution in [-0.2, 0) is 21.2 Å². The average Bonchev–Trinajstić information content (AvgIpc) is 3.37. The molecular weight excluding hydrogens is 515 g/mol. The lowest BCUT2D eigenvalue weighted by Crippen LogP contribution is -2.48. The second-order valence-electron chi connectivity index (χ2n) is 9.28. The largest absolute Gasteiger partial charge is 0.497 e. The summed E-state index contributed by atoms with van der Waals surface area (Å²) < 4.78 is 52.7. The van der Waals surface area contributed by atoms with Crippen molar-refractivity contribution in [1.82, 2.24) is 9.21 Å². The van der Waals surface area contributed by atoms with E-state index in [1.54, 1.807) is 40.5 Å². The fraction of sp³-hybridized carbons (Fsp3) is 0.370. The topological polar surface area (TPSA) is 76.2 Å². The van der Waals surface area contributed by atoms with Crippen LogP contribution in [0.15, 0.2) is 64.9 Å². The Hall–Kier alpha value is -2.95. The molecular formula is C27H31FN2O5S2. The van der Waals surface area contributed by atoms with Gasteiger partial charge >= 0.3 is 0 Å². The Labute approximate surface area is 221 Å². The average molecular weight is 547 g/mol. The maximum Gasteiger partial charge on any atom is 0.243 e. The molecule has 2 heterocycles. The van der Waals surface area contributed by atoms with E-state index in [0.717, 1.165) is 5.56 Å². The molecule has 1 aromatic heterocycles. The van der Waals surface area contributed by atoms with E-state index in [1.807, 2.05) is 25.3 Å². The summed E-state index contributed by atoms with van der Waals surface area (Å²) in [6.45, 7) is 4.39. The van der Waals surface area contributed by atoms with Crippen LogP contribution in [0.2, 0.25) is 0 Å². The third kappa shape index (κ3) is 6.31. The predicted octanol–water partition coefficient (Wildman–Crippen LogP) is 4.75. The van der Waals surface area contributed by atoms with Crippen LogP contribution in [0.25, 0.3) is 0 Å². The number of benzene rings is 2. The van der Waals surface area contributed by atoms with Crippen molar-refractivity contribution in [3.63, 3.8) is 0 Å². The number of carbonyl (C=O) groups is 1. The SMILES string of the molecule is COc1ccc(S(=O)(=O)N(CC(=O)N2CCc3sccc3[C@H]2COc2ccc(F)cc2)CC(C)C)cc1. The molecule has 10 heteroatoms. The van der Waals surface area contributed by atoms with Crippen molar-refractivity contribution in [3.8, 4) is 11.5 Å². The molecule has 0 N–H and O–H groups in total. The van der Waals surface area contributed by atoms with E-state index in [-0.39, 0.29) is 48.3 Å². The van der Waals surface area contributed by atoms with Gasteiger partial charge in [0, 0.05) is 18.0 Å². The van der Waals surface area contributed by atoms with Crippen LogP contribution < -0.4 is 9.47 Å². The Kier molecular flexibility index (Phi) is 8.51. The minimum Gasteiger partial charge on any atom is -0.497 e. The molecule has 0 spiro atoms. The summed E-state index contributed by atoms with van der Waals surface area (Å²) in [5, 5.41) is 1.99. The summed E-state index contributed by atoms with van der Waals surface area (Å²) in [5.41, 5.74) is 1.00. The standard InChI is InChI=1S/C27H31FN2O5S2/c1-19(2)16-29(37(32,33)23-10-8-21(34-3)9-11-23)17-27(31)30-14-12-26-24(13-15-36-26)25(30)18-35-22-6-4-20(28)5-7-22/h4-11,13,15,19,25H,12,14,16-18H2,1-3H3/t25-/m1/s1. The Bertz CT molecular complexity index is 1310. The monoisotopic (exact) mass is 546 g/mol. The van der Waals surface area contributed by atoms with Crippen molar-refractivity contribution in [2.24, 2.45) is 5.92 Å². The van der Waals surface area contributed by atoms with Gasteiger partial charge in [-0.15, -0.1) is 11.3 Å². The Balaban J connectivity index is 1.56. The predicted molar refractivity (Wildman–Crippen MR) is 141 cm³/mol. The number of carbonyl (C=O) groups excluding carboxylic acids is 1. The number of hydrogen-bond acceptors (Lipinski definition) is 6. The van der Waals surface area contributed by atoms with Gasteiger partial charge in [-0.05, 0) is 77.9 Å². The minimum atomic E-state index is -3.92. The lowest BCUT2D eigenvalue weighted by atomic mass is 10.0. The van der Waals surface area contributed by atoms with Crippen molar-refractivity contribution in [2.75, 3.05) is 33.4 Å². The molecule has 1 amide bonds. The van der Waals surface area contributed by atoms with Gasteiger partial charge in [0.2, 0.25) is 15.9 Å². The number of sulfonamides is 1. The van der Waals surface area contributed by atoms with Gasteiger partial charge in [-0.1, -0.05) is 13.8 Å². The van der Waals surface area contributed by atoms with E-state index in [0.29, 0.717) is 24.5 Å². The first-order chi connectivity index (χ1) is 17.7. The molecule has 0 aliphatic carbocycles. The van der Waals surface area contributed by atoms with E-state index in [4.69, 9.17) is 9.47 Å². The molecule has 0 saturated heterocycles. The highest BCUT2D eigenvalue weighted by molar-refractivity contribution is 7.89. The van der Waals surface area contributed by atoms with Crippen LogP contribution in [0.1, 0.15) is 30.3 Å². The number of halogens is 1. The molecule has 0 saturated carbocycles. The molecule has 1 aliphatic heterocycles. The first kappa shape index (κ1) is 27.1. The third-order valence-corrected chi connectivity index (χ3v) is 9.04. The number of hydrogen-bond donors (Lipinski definition) is 0. The molecule has 0 fully saturated rings. The van der Waals surface area contributed by atoms with Crippen molar-refractivity contribution < 1.29 is 27.1 Å².